The fourth-order valence-corrected chi connectivity index (χ4v) is 2.85. The van der Waals surface area contributed by atoms with Gasteiger partial charge in [-0.1, -0.05) is 39.7 Å². The number of fused-ring (bicyclic) bond motifs is 1. The van der Waals surface area contributed by atoms with Gasteiger partial charge in [-0.2, -0.15) is 0 Å². The van der Waals surface area contributed by atoms with Gasteiger partial charge in [-0.15, -0.1) is 0 Å². The van der Waals surface area contributed by atoms with E-state index >= 15 is 0 Å². The van der Waals surface area contributed by atoms with Crippen molar-refractivity contribution in [1.82, 2.24) is 5.32 Å². The van der Waals surface area contributed by atoms with E-state index < -0.39 is 0 Å². The Bertz CT molecular complexity index is 751. The van der Waals surface area contributed by atoms with E-state index in [0.717, 1.165) is 32.6 Å². The first-order valence-corrected chi connectivity index (χ1v) is 7.93. The van der Waals surface area contributed by atoms with E-state index in [1.54, 1.807) is 0 Å². The molecule has 0 aliphatic rings. The van der Waals surface area contributed by atoms with Crippen molar-refractivity contribution < 1.29 is 4.42 Å². The van der Waals surface area contributed by atoms with Crippen LogP contribution in [0, 0.1) is 0 Å². The van der Waals surface area contributed by atoms with Gasteiger partial charge in [-0.3, -0.25) is 0 Å². The molecule has 108 valence electrons. The summed E-state index contributed by atoms with van der Waals surface area (Å²) in [5, 5.41) is 5.08. The van der Waals surface area contributed by atoms with E-state index in [1.165, 1.54) is 5.56 Å². The summed E-state index contributed by atoms with van der Waals surface area (Å²) in [6.07, 6.45) is 0.872. The minimum absolute atomic E-state index is 0.136. The molecule has 21 heavy (non-hydrogen) atoms. The van der Waals surface area contributed by atoms with Gasteiger partial charge in [0.15, 0.2) is 0 Å². The average molecular weight is 365 g/mol. The molecule has 0 aliphatic carbocycles. The predicted molar refractivity (Wildman–Crippen MR) is 90.9 cm³/mol. The SMILES string of the molecule is CNC(Cc1ccc(Br)cc1)c1cc2cc(Cl)ccc2o1. The smallest absolute Gasteiger partial charge is 0.134 e. The maximum atomic E-state index is 6.02. The summed E-state index contributed by atoms with van der Waals surface area (Å²) in [5.41, 5.74) is 2.13. The molecule has 0 amide bonds. The Morgan fingerprint density at radius 3 is 2.62 bits per heavy atom. The first-order valence-electron chi connectivity index (χ1n) is 6.76. The molecule has 2 nitrogen and oxygen atoms in total. The van der Waals surface area contributed by atoms with Crippen LogP contribution in [0.15, 0.2) is 57.4 Å². The lowest BCUT2D eigenvalue weighted by atomic mass is 10.0. The Morgan fingerprint density at radius 1 is 1.14 bits per heavy atom. The average Bonchev–Trinajstić information content (AvgIpc) is 2.89. The summed E-state index contributed by atoms with van der Waals surface area (Å²) >= 11 is 9.48. The van der Waals surface area contributed by atoms with E-state index in [1.807, 2.05) is 25.2 Å². The molecule has 1 N–H and O–H groups in total. The van der Waals surface area contributed by atoms with Crippen molar-refractivity contribution in [3.05, 3.63) is 69.3 Å². The van der Waals surface area contributed by atoms with Gasteiger partial charge in [0.25, 0.3) is 0 Å². The molecule has 3 rings (SSSR count). The maximum absolute atomic E-state index is 6.02. The van der Waals surface area contributed by atoms with Crippen LogP contribution in [0.25, 0.3) is 11.0 Å². The molecule has 0 saturated carbocycles. The maximum Gasteiger partial charge on any atom is 0.134 e. The number of likely N-dealkylation sites (N-methyl/N-ethyl adjacent to an activating group) is 1. The van der Waals surface area contributed by atoms with Crippen LogP contribution in [0.2, 0.25) is 5.02 Å². The van der Waals surface area contributed by atoms with Gasteiger partial charge < -0.3 is 9.73 Å². The number of hydrogen-bond donors (Lipinski definition) is 1. The van der Waals surface area contributed by atoms with Crippen molar-refractivity contribution in [3.8, 4) is 0 Å². The van der Waals surface area contributed by atoms with Gasteiger partial charge in [0, 0.05) is 14.9 Å². The highest BCUT2D eigenvalue weighted by molar-refractivity contribution is 9.10. The van der Waals surface area contributed by atoms with Gasteiger partial charge in [0.1, 0.15) is 11.3 Å². The summed E-state index contributed by atoms with van der Waals surface area (Å²) in [6.45, 7) is 0. The zero-order chi connectivity index (χ0) is 14.8. The number of rotatable bonds is 4. The molecular formula is C17H15BrClNO. The first kappa shape index (κ1) is 14.6. The first-order chi connectivity index (χ1) is 10.2. The molecule has 0 fully saturated rings. The van der Waals surface area contributed by atoms with Crippen LogP contribution in [0.5, 0.6) is 0 Å². The molecule has 4 heteroatoms. The van der Waals surface area contributed by atoms with Crippen LogP contribution in [-0.4, -0.2) is 7.05 Å². The standard InChI is InChI=1S/C17H15BrClNO/c1-20-15(8-11-2-4-13(18)5-3-11)17-10-12-9-14(19)6-7-16(12)21-17/h2-7,9-10,15,20H,8H2,1H3. The van der Waals surface area contributed by atoms with E-state index in [2.05, 4.69) is 51.6 Å². The predicted octanol–water partition coefficient (Wildman–Crippen LogP) is 5.35. The second-order valence-corrected chi connectivity index (χ2v) is 6.35. The Morgan fingerprint density at radius 2 is 1.90 bits per heavy atom. The van der Waals surface area contributed by atoms with Crippen LogP contribution in [-0.2, 0) is 6.42 Å². The second-order valence-electron chi connectivity index (χ2n) is 5.00. The van der Waals surface area contributed by atoms with E-state index in [-0.39, 0.29) is 6.04 Å². The third-order valence-corrected chi connectivity index (χ3v) is 4.31. The van der Waals surface area contributed by atoms with Crippen molar-refractivity contribution in [2.24, 2.45) is 0 Å². The fraction of sp³-hybridized carbons (Fsp3) is 0.176. The number of nitrogens with one attached hydrogen (secondary N) is 1. The Hall–Kier alpha value is -1.29. The third-order valence-electron chi connectivity index (χ3n) is 3.54. The van der Waals surface area contributed by atoms with Gasteiger partial charge >= 0.3 is 0 Å². The van der Waals surface area contributed by atoms with Crippen LogP contribution in [0.3, 0.4) is 0 Å². The Labute approximate surface area is 137 Å². The highest BCUT2D eigenvalue weighted by atomic mass is 79.9. The number of furan rings is 1. The van der Waals surface area contributed by atoms with Crippen LogP contribution in [0.1, 0.15) is 17.4 Å². The lowest BCUT2D eigenvalue weighted by molar-refractivity contribution is 0.451. The highest BCUT2D eigenvalue weighted by Gasteiger charge is 2.15. The van der Waals surface area contributed by atoms with Crippen LogP contribution < -0.4 is 5.32 Å². The molecule has 1 atom stereocenters. The molecule has 0 spiro atoms. The molecule has 0 bridgehead atoms. The lowest BCUT2D eigenvalue weighted by Crippen LogP contribution is -2.18. The van der Waals surface area contributed by atoms with Crippen molar-refractivity contribution in [3.63, 3.8) is 0 Å². The van der Waals surface area contributed by atoms with E-state index in [9.17, 15) is 0 Å². The summed E-state index contributed by atoms with van der Waals surface area (Å²) in [4.78, 5) is 0. The highest BCUT2D eigenvalue weighted by Crippen LogP contribution is 2.28. The Balaban J connectivity index is 1.88. The molecule has 0 aliphatic heterocycles. The van der Waals surface area contributed by atoms with Crippen molar-refractivity contribution in [2.75, 3.05) is 7.05 Å². The van der Waals surface area contributed by atoms with Crippen LogP contribution in [0.4, 0.5) is 0 Å². The van der Waals surface area contributed by atoms with Crippen molar-refractivity contribution >= 4 is 38.5 Å². The molecule has 3 aromatic rings. The van der Waals surface area contributed by atoms with Crippen molar-refractivity contribution in [1.29, 1.82) is 0 Å². The molecule has 1 heterocycles. The third kappa shape index (κ3) is 3.31. The monoisotopic (exact) mass is 363 g/mol. The summed E-state index contributed by atoms with van der Waals surface area (Å²) in [5.74, 6) is 0.928. The van der Waals surface area contributed by atoms with Gasteiger partial charge in [-0.25, -0.2) is 0 Å². The number of benzene rings is 2. The molecule has 2 aromatic carbocycles. The molecule has 1 aromatic heterocycles. The number of halogens is 2. The van der Waals surface area contributed by atoms with Gasteiger partial charge in [-0.05, 0) is 55.4 Å². The summed E-state index contributed by atoms with van der Waals surface area (Å²) < 4.78 is 7.03. The number of hydrogen-bond acceptors (Lipinski definition) is 2. The minimum Gasteiger partial charge on any atom is -0.459 e. The summed E-state index contributed by atoms with van der Waals surface area (Å²) in [6, 6.07) is 16.2. The normalized spacial score (nSPS) is 12.7. The van der Waals surface area contributed by atoms with E-state index in [4.69, 9.17) is 16.0 Å². The second kappa shape index (κ2) is 6.22. The zero-order valence-corrected chi connectivity index (χ0v) is 13.9. The van der Waals surface area contributed by atoms with Gasteiger partial charge in [0.2, 0.25) is 0 Å². The Kier molecular flexibility index (Phi) is 4.34. The van der Waals surface area contributed by atoms with Crippen molar-refractivity contribution in [2.45, 2.75) is 12.5 Å². The molecular weight excluding hydrogens is 350 g/mol. The van der Waals surface area contributed by atoms with E-state index in [0.29, 0.717) is 0 Å². The largest absolute Gasteiger partial charge is 0.459 e. The molecule has 0 saturated heterocycles. The lowest BCUT2D eigenvalue weighted by Gasteiger charge is -2.13. The van der Waals surface area contributed by atoms with Gasteiger partial charge in [0.05, 0.1) is 6.04 Å². The molecule has 0 radical (unpaired) electrons. The fourth-order valence-electron chi connectivity index (χ4n) is 2.41. The molecule has 1 unspecified atom stereocenters. The summed E-state index contributed by atoms with van der Waals surface area (Å²) in [7, 11) is 1.95. The minimum atomic E-state index is 0.136. The topological polar surface area (TPSA) is 25.2 Å². The zero-order valence-electron chi connectivity index (χ0n) is 11.6. The quantitative estimate of drug-likeness (QED) is 0.675. The van der Waals surface area contributed by atoms with Crippen LogP contribution >= 0.6 is 27.5 Å².